The third-order valence-corrected chi connectivity index (χ3v) is 7.14. The van der Waals surface area contributed by atoms with Gasteiger partial charge in [-0.05, 0) is 61.1 Å². The largest absolute Gasteiger partial charge is 0.490 e. The molecule has 1 saturated carbocycles. The highest BCUT2D eigenvalue weighted by molar-refractivity contribution is 6.08. The number of aliphatic imine (C=N–C) groups is 1. The number of carbonyl (C=O) groups excluding carboxylic acids is 1. The summed E-state index contributed by atoms with van der Waals surface area (Å²) in [6, 6.07) is 16.3. The SMILES string of the molecule is O=C1OC(c2ccc(-c3ccc(OC4CCN(CCO)CC4)cc3)cc2)=NC12CCCCC2. The van der Waals surface area contributed by atoms with Gasteiger partial charge in [0.2, 0.25) is 5.90 Å². The molecule has 2 aromatic rings. The number of benzene rings is 2. The third kappa shape index (κ3) is 4.82. The van der Waals surface area contributed by atoms with E-state index in [0.29, 0.717) is 5.90 Å². The molecule has 174 valence electrons. The lowest BCUT2D eigenvalue weighted by Gasteiger charge is -2.31. The Morgan fingerprint density at radius 1 is 0.939 bits per heavy atom. The summed E-state index contributed by atoms with van der Waals surface area (Å²) in [5.41, 5.74) is 2.42. The highest BCUT2D eigenvalue weighted by Gasteiger charge is 2.46. The minimum atomic E-state index is -0.641. The molecular weight excluding hydrogens is 416 g/mol. The van der Waals surface area contributed by atoms with Gasteiger partial charge in [-0.15, -0.1) is 0 Å². The average Bonchev–Trinajstić information content (AvgIpc) is 3.17. The van der Waals surface area contributed by atoms with Gasteiger partial charge >= 0.3 is 5.97 Å². The molecule has 1 N–H and O–H groups in total. The van der Waals surface area contributed by atoms with Crippen molar-refractivity contribution in [2.45, 2.75) is 56.6 Å². The summed E-state index contributed by atoms with van der Waals surface area (Å²) in [6.45, 7) is 2.90. The number of piperidine rings is 1. The zero-order chi connectivity index (χ0) is 22.7. The van der Waals surface area contributed by atoms with E-state index < -0.39 is 5.54 Å². The molecule has 3 aliphatic rings. The summed E-state index contributed by atoms with van der Waals surface area (Å²) < 4.78 is 11.7. The Hall–Kier alpha value is -2.70. The number of hydrogen-bond donors (Lipinski definition) is 1. The minimum absolute atomic E-state index is 0.184. The van der Waals surface area contributed by atoms with Gasteiger partial charge in [-0.3, -0.25) is 0 Å². The molecule has 2 heterocycles. The van der Waals surface area contributed by atoms with Gasteiger partial charge in [-0.2, -0.15) is 0 Å². The van der Waals surface area contributed by atoms with Gasteiger partial charge in [0.1, 0.15) is 11.9 Å². The summed E-state index contributed by atoms with van der Waals surface area (Å²) in [5.74, 6) is 1.17. The fourth-order valence-electron chi connectivity index (χ4n) is 5.14. The number of ether oxygens (including phenoxy) is 2. The fourth-order valence-corrected chi connectivity index (χ4v) is 5.14. The van der Waals surface area contributed by atoms with Gasteiger partial charge in [-0.25, -0.2) is 9.79 Å². The molecule has 1 spiro atoms. The summed E-state index contributed by atoms with van der Waals surface area (Å²) in [7, 11) is 0. The fraction of sp³-hybridized carbons (Fsp3) is 0.481. The number of nitrogens with zero attached hydrogens (tertiary/aromatic N) is 2. The maximum absolute atomic E-state index is 12.5. The van der Waals surface area contributed by atoms with Crippen LogP contribution in [-0.4, -0.2) is 59.8 Å². The summed E-state index contributed by atoms with van der Waals surface area (Å²) in [6.07, 6.45) is 7.03. The van der Waals surface area contributed by atoms with E-state index in [4.69, 9.17) is 19.6 Å². The van der Waals surface area contributed by atoms with Crippen LogP contribution in [0.1, 0.15) is 50.5 Å². The van der Waals surface area contributed by atoms with E-state index in [2.05, 4.69) is 17.0 Å². The molecule has 6 heteroatoms. The second-order valence-corrected chi connectivity index (χ2v) is 9.38. The van der Waals surface area contributed by atoms with Gasteiger partial charge < -0.3 is 19.5 Å². The molecule has 0 atom stereocenters. The van der Waals surface area contributed by atoms with Crippen LogP contribution in [0, 0.1) is 0 Å². The van der Waals surface area contributed by atoms with E-state index in [1.54, 1.807) is 0 Å². The number of hydrogen-bond acceptors (Lipinski definition) is 6. The molecule has 0 radical (unpaired) electrons. The first kappa shape index (κ1) is 22.1. The van der Waals surface area contributed by atoms with Crippen molar-refractivity contribution in [2.75, 3.05) is 26.2 Å². The van der Waals surface area contributed by atoms with Crippen LogP contribution in [0.25, 0.3) is 11.1 Å². The van der Waals surface area contributed by atoms with E-state index in [-0.39, 0.29) is 18.7 Å². The normalized spacial score (nSPS) is 21.1. The molecule has 5 rings (SSSR count). The number of rotatable bonds is 6. The number of likely N-dealkylation sites (tertiary alicyclic amines) is 1. The van der Waals surface area contributed by atoms with Crippen molar-refractivity contribution >= 4 is 11.9 Å². The number of carbonyl (C=O) groups is 1. The lowest BCUT2D eigenvalue weighted by Crippen LogP contribution is -2.39. The first-order valence-corrected chi connectivity index (χ1v) is 12.2. The first-order valence-electron chi connectivity index (χ1n) is 12.2. The van der Waals surface area contributed by atoms with E-state index >= 15 is 0 Å². The maximum atomic E-state index is 12.5. The van der Waals surface area contributed by atoms with Gasteiger partial charge in [0.25, 0.3) is 0 Å². The van der Waals surface area contributed by atoms with Crippen molar-refractivity contribution in [1.29, 1.82) is 0 Å². The van der Waals surface area contributed by atoms with Gasteiger partial charge in [-0.1, -0.05) is 43.5 Å². The van der Waals surface area contributed by atoms with Gasteiger partial charge in [0.15, 0.2) is 5.54 Å². The molecule has 1 saturated heterocycles. The van der Waals surface area contributed by atoms with Gasteiger partial charge in [0, 0.05) is 25.2 Å². The molecule has 1 aliphatic carbocycles. The van der Waals surface area contributed by atoms with E-state index in [1.165, 1.54) is 6.42 Å². The molecule has 0 amide bonds. The Morgan fingerprint density at radius 2 is 1.55 bits per heavy atom. The number of aliphatic hydroxyl groups is 1. The highest BCUT2D eigenvalue weighted by atomic mass is 16.6. The van der Waals surface area contributed by atoms with Crippen molar-refractivity contribution in [1.82, 2.24) is 4.90 Å². The Balaban J connectivity index is 1.21. The van der Waals surface area contributed by atoms with Crippen molar-refractivity contribution in [3.63, 3.8) is 0 Å². The Labute approximate surface area is 195 Å². The Bertz CT molecular complexity index is 986. The zero-order valence-corrected chi connectivity index (χ0v) is 19.0. The molecule has 0 aromatic heterocycles. The number of cyclic esters (lactones) is 1. The highest BCUT2D eigenvalue weighted by Crippen LogP contribution is 2.37. The van der Waals surface area contributed by atoms with Crippen LogP contribution in [0.4, 0.5) is 0 Å². The van der Waals surface area contributed by atoms with E-state index in [1.807, 2.05) is 36.4 Å². The van der Waals surface area contributed by atoms with Crippen molar-refractivity contribution in [3.05, 3.63) is 54.1 Å². The molecule has 6 nitrogen and oxygen atoms in total. The maximum Gasteiger partial charge on any atom is 0.340 e. The van der Waals surface area contributed by atoms with Gasteiger partial charge in [0.05, 0.1) is 6.61 Å². The van der Waals surface area contributed by atoms with Crippen molar-refractivity contribution in [3.8, 4) is 16.9 Å². The van der Waals surface area contributed by atoms with Crippen LogP contribution in [0.5, 0.6) is 5.75 Å². The predicted molar refractivity (Wildman–Crippen MR) is 127 cm³/mol. The first-order chi connectivity index (χ1) is 16.1. The quantitative estimate of drug-likeness (QED) is 0.671. The minimum Gasteiger partial charge on any atom is -0.490 e. The monoisotopic (exact) mass is 448 g/mol. The van der Waals surface area contributed by atoms with Crippen LogP contribution >= 0.6 is 0 Å². The Kier molecular flexibility index (Phi) is 6.47. The lowest BCUT2D eigenvalue weighted by molar-refractivity contribution is -0.140. The van der Waals surface area contributed by atoms with Crippen LogP contribution in [-0.2, 0) is 9.53 Å². The molecular formula is C27H32N2O4. The Morgan fingerprint density at radius 3 is 2.18 bits per heavy atom. The molecule has 0 unspecified atom stereocenters. The number of β-amino-alcohol motifs (C(OH)–C–C–N with tert-alkyl or cyclic N) is 1. The molecule has 33 heavy (non-hydrogen) atoms. The smallest absolute Gasteiger partial charge is 0.340 e. The summed E-state index contributed by atoms with van der Waals surface area (Å²) >= 11 is 0. The molecule has 0 bridgehead atoms. The number of aliphatic hydroxyl groups excluding tert-OH is 1. The van der Waals surface area contributed by atoms with Crippen molar-refractivity contribution < 1.29 is 19.4 Å². The number of esters is 1. The predicted octanol–water partition coefficient (Wildman–Crippen LogP) is 4.20. The molecule has 2 aliphatic heterocycles. The van der Waals surface area contributed by atoms with Crippen LogP contribution < -0.4 is 4.74 Å². The molecule has 2 aromatic carbocycles. The standard InChI is InChI=1S/C27H32N2O4/c30-19-18-29-16-12-24(13-17-29)32-23-10-8-21(9-11-23)20-4-6-22(7-5-20)25-28-27(26(31)33-25)14-2-1-3-15-27/h4-11,24,30H,1-3,12-19H2. The second-order valence-electron chi connectivity index (χ2n) is 9.38. The topological polar surface area (TPSA) is 71.4 Å². The lowest BCUT2D eigenvalue weighted by atomic mass is 9.83. The van der Waals surface area contributed by atoms with Crippen molar-refractivity contribution in [2.24, 2.45) is 4.99 Å². The van der Waals surface area contributed by atoms with E-state index in [0.717, 1.165) is 80.6 Å². The molecule has 2 fully saturated rings. The average molecular weight is 449 g/mol. The summed E-state index contributed by atoms with van der Waals surface area (Å²) in [4.78, 5) is 19.5. The van der Waals surface area contributed by atoms with Crippen LogP contribution in [0.15, 0.2) is 53.5 Å². The third-order valence-electron chi connectivity index (χ3n) is 7.14. The van der Waals surface area contributed by atoms with Crippen LogP contribution in [0.3, 0.4) is 0 Å². The second kappa shape index (κ2) is 9.65. The zero-order valence-electron chi connectivity index (χ0n) is 19.0. The summed E-state index contributed by atoms with van der Waals surface area (Å²) in [5, 5.41) is 9.07. The van der Waals surface area contributed by atoms with Crippen LogP contribution in [0.2, 0.25) is 0 Å². The van der Waals surface area contributed by atoms with E-state index in [9.17, 15) is 4.79 Å².